The van der Waals surface area contributed by atoms with E-state index in [0.29, 0.717) is 0 Å². The Hall–Kier alpha value is -0.960. The predicted octanol–water partition coefficient (Wildman–Crippen LogP) is 4.29. The van der Waals surface area contributed by atoms with E-state index < -0.39 is 0 Å². The van der Waals surface area contributed by atoms with E-state index in [1.54, 1.807) is 11.5 Å². The number of pyridine rings is 1. The van der Waals surface area contributed by atoms with Crippen molar-refractivity contribution in [2.24, 2.45) is 0 Å². The minimum atomic E-state index is 0.0573. The van der Waals surface area contributed by atoms with Crippen LogP contribution in [0.25, 0.3) is 10.2 Å². The van der Waals surface area contributed by atoms with Crippen molar-refractivity contribution in [2.75, 3.05) is 0 Å². The first-order chi connectivity index (χ1) is 7.71. The summed E-state index contributed by atoms with van der Waals surface area (Å²) >= 11 is 1.58. The van der Waals surface area contributed by atoms with Crippen LogP contribution in [0.3, 0.4) is 0 Å². The van der Waals surface area contributed by atoms with E-state index in [0.717, 1.165) is 11.2 Å². The van der Waals surface area contributed by atoms with Crippen LogP contribution in [0.2, 0.25) is 0 Å². The predicted molar refractivity (Wildman–Crippen MR) is 74.8 cm³/mol. The maximum Gasteiger partial charge on any atom is 0.105 e. The molecular formula is C14H20N2S. The van der Waals surface area contributed by atoms with Crippen LogP contribution in [0.1, 0.15) is 52.8 Å². The first-order valence-corrected chi connectivity index (χ1v) is 6.74. The van der Waals surface area contributed by atoms with Crippen molar-refractivity contribution in [3.63, 3.8) is 0 Å². The summed E-state index contributed by atoms with van der Waals surface area (Å²) < 4.78 is 5.86. The zero-order valence-corrected chi connectivity index (χ0v) is 12.3. The largest absolute Gasteiger partial charge is 0.253 e. The maximum atomic E-state index is 4.62. The van der Waals surface area contributed by atoms with E-state index in [4.69, 9.17) is 0 Å². The third-order valence-electron chi connectivity index (χ3n) is 2.88. The first-order valence-electron chi connectivity index (χ1n) is 5.96. The Morgan fingerprint density at radius 2 is 1.65 bits per heavy atom. The Morgan fingerprint density at radius 3 is 2.18 bits per heavy atom. The van der Waals surface area contributed by atoms with E-state index in [1.165, 1.54) is 10.3 Å². The highest BCUT2D eigenvalue weighted by Crippen LogP contribution is 2.36. The molecule has 0 aromatic carbocycles. The Morgan fingerprint density at radius 1 is 1.00 bits per heavy atom. The average Bonchev–Trinajstić information content (AvgIpc) is 2.57. The summed E-state index contributed by atoms with van der Waals surface area (Å²) in [5.41, 5.74) is 3.74. The normalized spacial score (nSPS) is 13.3. The van der Waals surface area contributed by atoms with Crippen molar-refractivity contribution in [3.05, 3.63) is 23.5 Å². The lowest BCUT2D eigenvalue weighted by Crippen LogP contribution is -2.13. The monoisotopic (exact) mass is 248 g/mol. The molecule has 2 aromatic heterocycles. The van der Waals surface area contributed by atoms with Gasteiger partial charge in [-0.25, -0.2) is 0 Å². The summed E-state index contributed by atoms with van der Waals surface area (Å²) in [6.07, 6.45) is 1.91. The minimum Gasteiger partial charge on any atom is -0.253 e. The Labute approximate surface area is 107 Å². The van der Waals surface area contributed by atoms with Crippen LogP contribution in [-0.2, 0) is 10.8 Å². The van der Waals surface area contributed by atoms with Crippen LogP contribution in [0.5, 0.6) is 0 Å². The van der Waals surface area contributed by atoms with Crippen LogP contribution in [0.4, 0.5) is 0 Å². The van der Waals surface area contributed by atoms with Crippen LogP contribution >= 0.6 is 11.5 Å². The van der Waals surface area contributed by atoms with Crippen molar-refractivity contribution in [1.82, 2.24) is 9.36 Å². The van der Waals surface area contributed by atoms with Gasteiger partial charge in [0.05, 0.1) is 10.4 Å². The summed E-state index contributed by atoms with van der Waals surface area (Å²) in [6.45, 7) is 13.3. The SMILES string of the molecule is CC(C)(C)c1nsc2c(C(C)(C)C)ccnc12. The molecule has 0 saturated carbocycles. The third-order valence-corrected chi connectivity index (χ3v) is 3.75. The molecule has 2 aromatic rings. The molecule has 2 rings (SSSR count). The molecule has 2 heterocycles. The van der Waals surface area contributed by atoms with Crippen LogP contribution in [0.15, 0.2) is 12.3 Å². The highest BCUT2D eigenvalue weighted by Gasteiger charge is 2.25. The topological polar surface area (TPSA) is 25.8 Å². The molecule has 0 atom stereocenters. The van der Waals surface area contributed by atoms with Crippen molar-refractivity contribution < 1.29 is 0 Å². The highest BCUT2D eigenvalue weighted by atomic mass is 32.1. The van der Waals surface area contributed by atoms with Crippen LogP contribution < -0.4 is 0 Å². The molecule has 17 heavy (non-hydrogen) atoms. The zero-order chi connectivity index (χ0) is 12.8. The molecule has 0 bridgehead atoms. The fraction of sp³-hybridized carbons (Fsp3) is 0.571. The molecule has 0 aliphatic carbocycles. The van der Waals surface area contributed by atoms with Crippen LogP contribution in [0, 0.1) is 0 Å². The Kier molecular flexibility index (Phi) is 2.77. The quantitative estimate of drug-likeness (QED) is 0.695. The molecule has 0 saturated heterocycles. The van der Waals surface area contributed by atoms with Gasteiger partial charge in [-0.3, -0.25) is 4.98 Å². The smallest absolute Gasteiger partial charge is 0.105 e. The summed E-state index contributed by atoms with van der Waals surface area (Å²) in [6, 6.07) is 2.12. The van der Waals surface area contributed by atoms with Gasteiger partial charge in [-0.05, 0) is 28.6 Å². The summed E-state index contributed by atoms with van der Waals surface area (Å²) in [5, 5.41) is 0. The number of rotatable bonds is 0. The van der Waals surface area contributed by atoms with Gasteiger partial charge < -0.3 is 0 Å². The zero-order valence-electron chi connectivity index (χ0n) is 11.5. The Balaban J connectivity index is 2.74. The molecule has 0 aliphatic rings. The van der Waals surface area contributed by atoms with Gasteiger partial charge in [0, 0.05) is 11.6 Å². The molecule has 0 unspecified atom stereocenters. The maximum absolute atomic E-state index is 4.62. The summed E-state index contributed by atoms with van der Waals surface area (Å²) in [5.74, 6) is 0. The highest BCUT2D eigenvalue weighted by molar-refractivity contribution is 7.13. The molecule has 2 nitrogen and oxygen atoms in total. The van der Waals surface area contributed by atoms with E-state index in [2.05, 4.69) is 57.0 Å². The van der Waals surface area contributed by atoms with E-state index >= 15 is 0 Å². The van der Waals surface area contributed by atoms with Gasteiger partial charge in [0.1, 0.15) is 5.52 Å². The standard InChI is InChI=1S/C14H20N2S/c1-13(2,3)9-7-8-15-10-11(9)17-16-12(10)14(4,5)6/h7-8H,1-6H3. The van der Waals surface area contributed by atoms with Crippen molar-refractivity contribution >= 4 is 21.7 Å². The van der Waals surface area contributed by atoms with Crippen molar-refractivity contribution in [2.45, 2.75) is 52.4 Å². The number of fused-ring (bicyclic) bond motifs is 1. The fourth-order valence-corrected chi connectivity index (χ4v) is 3.18. The number of aromatic nitrogens is 2. The molecule has 0 amide bonds. The van der Waals surface area contributed by atoms with E-state index in [1.807, 2.05) is 6.20 Å². The van der Waals surface area contributed by atoms with Gasteiger partial charge >= 0.3 is 0 Å². The lowest BCUT2D eigenvalue weighted by atomic mass is 9.86. The van der Waals surface area contributed by atoms with Gasteiger partial charge in [-0.15, -0.1) is 0 Å². The Bertz CT molecular complexity index is 541. The minimum absolute atomic E-state index is 0.0573. The summed E-state index contributed by atoms with van der Waals surface area (Å²) in [7, 11) is 0. The fourth-order valence-electron chi connectivity index (χ4n) is 1.93. The molecule has 0 aliphatic heterocycles. The second-order valence-corrected chi connectivity index (χ2v) is 7.34. The molecule has 0 fully saturated rings. The van der Waals surface area contributed by atoms with Gasteiger partial charge in [-0.2, -0.15) is 4.37 Å². The molecule has 0 N–H and O–H groups in total. The van der Waals surface area contributed by atoms with Gasteiger partial charge in [-0.1, -0.05) is 41.5 Å². The average molecular weight is 248 g/mol. The van der Waals surface area contributed by atoms with Gasteiger partial charge in [0.15, 0.2) is 0 Å². The van der Waals surface area contributed by atoms with Gasteiger partial charge in [0.2, 0.25) is 0 Å². The van der Waals surface area contributed by atoms with Crippen LogP contribution in [-0.4, -0.2) is 9.36 Å². The number of hydrogen-bond donors (Lipinski definition) is 0. The number of hydrogen-bond acceptors (Lipinski definition) is 3. The molecule has 0 radical (unpaired) electrons. The number of nitrogens with zero attached hydrogens (tertiary/aromatic N) is 2. The second-order valence-electron chi connectivity index (χ2n) is 6.57. The molecule has 92 valence electrons. The van der Waals surface area contributed by atoms with E-state index in [9.17, 15) is 0 Å². The lowest BCUT2D eigenvalue weighted by molar-refractivity contribution is 0.579. The molecular weight excluding hydrogens is 228 g/mol. The first kappa shape index (κ1) is 12.5. The van der Waals surface area contributed by atoms with Crippen molar-refractivity contribution in [1.29, 1.82) is 0 Å². The summed E-state index contributed by atoms with van der Waals surface area (Å²) in [4.78, 5) is 4.53. The third kappa shape index (κ3) is 2.21. The van der Waals surface area contributed by atoms with Crippen molar-refractivity contribution in [3.8, 4) is 0 Å². The lowest BCUT2D eigenvalue weighted by Gasteiger charge is -2.20. The molecule has 3 heteroatoms. The van der Waals surface area contributed by atoms with Gasteiger partial charge in [0.25, 0.3) is 0 Å². The molecule has 0 spiro atoms. The van der Waals surface area contributed by atoms with E-state index in [-0.39, 0.29) is 10.8 Å². The second kappa shape index (κ2) is 3.77.